The number of aldehydes is 1. The van der Waals surface area contributed by atoms with Crippen molar-refractivity contribution in [3.63, 3.8) is 0 Å². The summed E-state index contributed by atoms with van der Waals surface area (Å²) in [5, 5.41) is -0.780. The minimum absolute atomic E-state index is 0.249. The van der Waals surface area contributed by atoms with Gasteiger partial charge in [-0.3, -0.25) is 4.79 Å². The van der Waals surface area contributed by atoms with Gasteiger partial charge in [-0.15, -0.1) is 0 Å². The Bertz CT molecular complexity index is 766. The number of nitrogens with zero attached hydrogens (tertiary/aromatic N) is 2. The van der Waals surface area contributed by atoms with E-state index in [1.807, 2.05) is 29.3 Å². The van der Waals surface area contributed by atoms with E-state index < -0.39 is 5.25 Å². The Morgan fingerprint density at radius 1 is 1.38 bits per heavy atom. The van der Waals surface area contributed by atoms with Crippen molar-refractivity contribution < 1.29 is 14.0 Å². The van der Waals surface area contributed by atoms with E-state index in [1.165, 1.54) is 12.1 Å². The van der Waals surface area contributed by atoms with Crippen molar-refractivity contribution in [3.8, 4) is 0 Å². The van der Waals surface area contributed by atoms with Crippen LogP contribution >= 0.6 is 11.8 Å². The fraction of sp³-hybridized carbons (Fsp3) is 0.167. The summed E-state index contributed by atoms with van der Waals surface area (Å²) in [6.07, 6.45) is 10.3. The molecule has 122 valence electrons. The van der Waals surface area contributed by atoms with Crippen molar-refractivity contribution in [2.45, 2.75) is 11.7 Å². The predicted octanol–water partition coefficient (Wildman–Crippen LogP) is 2.88. The summed E-state index contributed by atoms with van der Waals surface area (Å²) >= 11 is 0.943. The minimum Gasteiger partial charge on any atom is -0.329 e. The van der Waals surface area contributed by atoms with Crippen LogP contribution in [-0.4, -0.2) is 33.8 Å². The summed E-state index contributed by atoms with van der Waals surface area (Å²) in [6, 6.07) is 5.92. The van der Waals surface area contributed by atoms with Crippen LogP contribution in [-0.2, 0) is 16.0 Å². The van der Waals surface area contributed by atoms with E-state index in [1.54, 1.807) is 18.2 Å². The van der Waals surface area contributed by atoms with Gasteiger partial charge in [-0.2, -0.15) is 0 Å². The molecule has 6 heteroatoms. The lowest BCUT2D eigenvalue weighted by atomic mass is 10.1. The quantitative estimate of drug-likeness (QED) is 0.772. The number of aliphatic imine (C=N–C) groups is 1. The number of carbonyl (C=O) groups is 2. The number of thioether (sulfide) groups is 1. The highest BCUT2D eigenvalue weighted by Crippen LogP contribution is 2.21. The first-order valence-electron chi connectivity index (χ1n) is 7.47. The number of rotatable bonds is 5. The van der Waals surface area contributed by atoms with Crippen LogP contribution in [0.15, 0.2) is 65.6 Å². The molecule has 4 nitrogen and oxygen atoms in total. The molecule has 0 radical (unpaired) electrons. The Balaban J connectivity index is 1.66. The molecule has 1 atom stereocenters. The highest BCUT2D eigenvalue weighted by molar-refractivity contribution is 8.16. The lowest BCUT2D eigenvalue weighted by Crippen LogP contribution is -2.25. The lowest BCUT2D eigenvalue weighted by molar-refractivity contribution is -0.108. The van der Waals surface area contributed by atoms with Gasteiger partial charge in [0, 0.05) is 12.7 Å². The third-order valence-electron chi connectivity index (χ3n) is 3.59. The Morgan fingerprint density at radius 2 is 2.17 bits per heavy atom. The summed E-state index contributed by atoms with van der Waals surface area (Å²) < 4.78 is 12.9. The van der Waals surface area contributed by atoms with E-state index in [0.29, 0.717) is 18.0 Å². The average molecular weight is 342 g/mol. The fourth-order valence-corrected chi connectivity index (χ4v) is 3.20. The maximum absolute atomic E-state index is 12.9. The Hall–Kier alpha value is -2.47. The zero-order valence-electron chi connectivity index (χ0n) is 12.8. The standard InChI is InChI=1S/C18H15FN2O2S/c19-14-6-4-13(5-7-14)11-15(12-22)24-18(23)16-8-10-21-9-2-1-3-17(21)20-16/h1-8,10,12,15H,9,11H2. The van der Waals surface area contributed by atoms with Crippen LogP contribution in [0.25, 0.3) is 0 Å². The van der Waals surface area contributed by atoms with Crippen LogP contribution < -0.4 is 0 Å². The molecule has 0 N–H and O–H groups in total. The molecular weight excluding hydrogens is 327 g/mol. The molecule has 1 aromatic rings. The lowest BCUT2D eigenvalue weighted by Gasteiger charge is -2.24. The number of fused-ring (bicyclic) bond motifs is 1. The molecule has 0 aliphatic carbocycles. The summed E-state index contributed by atoms with van der Waals surface area (Å²) in [4.78, 5) is 29.9. The molecule has 0 saturated heterocycles. The highest BCUT2D eigenvalue weighted by Gasteiger charge is 2.21. The molecule has 0 aromatic heterocycles. The average Bonchev–Trinajstić information content (AvgIpc) is 2.62. The predicted molar refractivity (Wildman–Crippen MR) is 93.1 cm³/mol. The number of benzene rings is 1. The third kappa shape index (κ3) is 3.89. The van der Waals surface area contributed by atoms with Gasteiger partial charge in [0.15, 0.2) is 0 Å². The number of carbonyl (C=O) groups excluding carboxylic acids is 2. The molecule has 0 bridgehead atoms. The van der Waals surface area contributed by atoms with Crippen molar-refractivity contribution in [1.82, 2.24) is 4.90 Å². The first-order chi connectivity index (χ1) is 11.7. The van der Waals surface area contributed by atoms with Gasteiger partial charge in [0.1, 0.15) is 23.6 Å². The van der Waals surface area contributed by atoms with E-state index in [0.717, 1.165) is 30.2 Å². The second-order valence-electron chi connectivity index (χ2n) is 5.33. The van der Waals surface area contributed by atoms with Crippen LogP contribution in [0.2, 0.25) is 0 Å². The van der Waals surface area contributed by atoms with Crippen molar-refractivity contribution in [2.75, 3.05) is 6.54 Å². The molecule has 2 aliphatic heterocycles. The molecule has 0 fully saturated rings. The van der Waals surface area contributed by atoms with Gasteiger partial charge in [0.05, 0.1) is 5.25 Å². The SMILES string of the molecule is O=CC(Cc1ccc(F)cc1)SC(=O)C1=NC2=CC=CCN2C=C1. The van der Waals surface area contributed by atoms with Crippen molar-refractivity contribution in [2.24, 2.45) is 4.99 Å². The second kappa shape index (κ2) is 7.40. The number of allylic oxidation sites excluding steroid dienone is 3. The Morgan fingerprint density at radius 3 is 2.92 bits per heavy atom. The molecule has 0 spiro atoms. The topological polar surface area (TPSA) is 49.7 Å². The largest absolute Gasteiger partial charge is 0.329 e. The normalized spacial score (nSPS) is 17.0. The second-order valence-corrected chi connectivity index (χ2v) is 6.54. The van der Waals surface area contributed by atoms with Crippen molar-refractivity contribution in [1.29, 1.82) is 0 Å². The molecule has 1 aromatic carbocycles. The van der Waals surface area contributed by atoms with Crippen LogP contribution in [0, 0.1) is 5.82 Å². The summed E-state index contributed by atoms with van der Waals surface area (Å²) in [7, 11) is 0. The molecule has 2 heterocycles. The van der Waals surface area contributed by atoms with Crippen molar-refractivity contribution >= 4 is 28.9 Å². The number of hydrogen-bond donors (Lipinski definition) is 0. The maximum atomic E-state index is 12.9. The van der Waals surface area contributed by atoms with E-state index >= 15 is 0 Å². The van der Waals surface area contributed by atoms with Crippen LogP contribution in [0.3, 0.4) is 0 Å². The van der Waals surface area contributed by atoms with Crippen LogP contribution in [0.1, 0.15) is 5.56 Å². The van der Waals surface area contributed by atoms with Gasteiger partial charge in [0.25, 0.3) is 0 Å². The monoisotopic (exact) mass is 342 g/mol. The minimum atomic E-state index is -0.530. The maximum Gasteiger partial charge on any atom is 0.238 e. The molecule has 3 rings (SSSR count). The van der Waals surface area contributed by atoms with Gasteiger partial charge < -0.3 is 9.69 Å². The third-order valence-corrected chi connectivity index (χ3v) is 4.60. The summed E-state index contributed by atoms with van der Waals surface area (Å²) in [5.74, 6) is 0.385. The molecule has 24 heavy (non-hydrogen) atoms. The molecule has 0 saturated carbocycles. The zero-order chi connectivity index (χ0) is 16.9. The van der Waals surface area contributed by atoms with Crippen LogP contribution in [0.4, 0.5) is 4.39 Å². The Kier molecular flexibility index (Phi) is 5.05. The zero-order valence-corrected chi connectivity index (χ0v) is 13.6. The fourth-order valence-electron chi connectivity index (χ4n) is 2.36. The van der Waals surface area contributed by atoms with Gasteiger partial charge in [-0.25, -0.2) is 9.38 Å². The molecule has 2 aliphatic rings. The summed E-state index contributed by atoms with van der Waals surface area (Å²) in [6.45, 7) is 0.724. The van der Waals surface area contributed by atoms with E-state index in [4.69, 9.17) is 0 Å². The number of hydrogen-bond acceptors (Lipinski definition) is 5. The smallest absolute Gasteiger partial charge is 0.238 e. The van der Waals surface area contributed by atoms with Gasteiger partial charge >= 0.3 is 0 Å². The molecular formula is C18H15FN2O2S. The Labute approximate surface area is 143 Å². The van der Waals surface area contributed by atoms with Crippen molar-refractivity contribution in [3.05, 3.63) is 72.0 Å². The van der Waals surface area contributed by atoms with Crippen LogP contribution in [0.5, 0.6) is 0 Å². The van der Waals surface area contributed by atoms with Gasteiger partial charge in [0.2, 0.25) is 5.12 Å². The van der Waals surface area contributed by atoms with E-state index in [2.05, 4.69) is 4.99 Å². The first-order valence-corrected chi connectivity index (χ1v) is 8.35. The molecule has 1 unspecified atom stereocenters. The summed E-state index contributed by atoms with van der Waals surface area (Å²) in [5.41, 5.74) is 1.13. The van der Waals surface area contributed by atoms with Gasteiger partial charge in [-0.1, -0.05) is 36.0 Å². The number of halogens is 1. The van der Waals surface area contributed by atoms with Gasteiger partial charge in [-0.05, 0) is 36.3 Å². The van der Waals surface area contributed by atoms with E-state index in [9.17, 15) is 14.0 Å². The first kappa shape index (κ1) is 16.4. The molecule has 0 amide bonds. The van der Waals surface area contributed by atoms with E-state index in [-0.39, 0.29) is 10.9 Å². The highest BCUT2D eigenvalue weighted by atomic mass is 32.2.